The van der Waals surface area contributed by atoms with E-state index in [1.54, 1.807) is 0 Å². The van der Waals surface area contributed by atoms with Crippen LogP contribution in [0.5, 0.6) is 0 Å². The van der Waals surface area contributed by atoms with Crippen molar-refractivity contribution in [1.82, 2.24) is 4.57 Å². The number of rotatable bonds is 7. The molecule has 12 rings (SSSR count). The van der Waals surface area contributed by atoms with Crippen LogP contribution in [-0.2, 0) is 11.0 Å². The third kappa shape index (κ3) is 6.09. The largest absolute Gasteiger partial charge is 0.335 e. The highest BCUT2D eigenvalue weighted by Crippen LogP contribution is 2.59. The number of benzene rings is 10. The molecule has 1 heterocycles. The third-order valence-electron chi connectivity index (χ3n) is 13.7. The van der Waals surface area contributed by atoms with Crippen LogP contribution in [0.3, 0.4) is 0 Å². The van der Waals surface area contributed by atoms with Gasteiger partial charge >= 0.3 is 0 Å². The van der Waals surface area contributed by atoms with Gasteiger partial charge in [-0.3, -0.25) is 0 Å². The van der Waals surface area contributed by atoms with E-state index in [4.69, 9.17) is 0 Å². The molecule has 2 heteroatoms. The van der Waals surface area contributed by atoms with Gasteiger partial charge in [0, 0.05) is 38.9 Å². The van der Waals surface area contributed by atoms with Crippen molar-refractivity contribution in [3.63, 3.8) is 0 Å². The summed E-state index contributed by atoms with van der Waals surface area (Å²) in [6.07, 6.45) is 0. The van der Waals surface area contributed by atoms with Gasteiger partial charge in [-0.15, -0.1) is 0 Å². The molecular weight excluding hydrogens is 785 g/mol. The van der Waals surface area contributed by atoms with Crippen molar-refractivity contribution in [2.24, 2.45) is 0 Å². The van der Waals surface area contributed by atoms with Crippen LogP contribution in [0.2, 0.25) is 0 Å². The Morgan fingerprint density at radius 1 is 0.369 bits per heavy atom. The van der Waals surface area contributed by atoms with Gasteiger partial charge in [0.25, 0.3) is 0 Å². The SMILES string of the molecule is CC(C)(C)n1c2ccccc2c2ccc(N(c3ccc4c(c3)C(c3ccccc3)(c3ccccc3)c3cccc(-c5ccccc5)c3-4)c3ccc4cccc(-c5ccccc5)c4c3)cc21. The average molecular weight is 833 g/mol. The van der Waals surface area contributed by atoms with Crippen LogP contribution < -0.4 is 4.90 Å². The standard InChI is InChI=1S/C63H48N2/c1-62(2,3)65-59-33-17-16-29-53(59)54-38-36-50(42-60(54)65)64(48-35-34-45-24-18-30-51(56(45)40-48)43-20-8-4-9-21-43)49-37-39-55-58(41-49)63(46-25-12-6-13-26-46,47-27-14-7-15-28-47)57-32-19-31-52(61(55)57)44-22-10-5-11-23-44/h4-42H,1-3H3. The van der Waals surface area contributed by atoms with E-state index in [-0.39, 0.29) is 5.54 Å². The summed E-state index contributed by atoms with van der Waals surface area (Å²) < 4.78 is 2.52. The predicted molar refractivity (Wildman–Crippen MR) is 275 cm³/mol. The van der Waals surface area contributed by atoms with E-state index in [2.05, 4.69) is 267 Å². The monoisotopic (exact) mass is 832 g/mol. The Labute approximate surface area is 381 Å². The fourth-order valence-electron chi connectivity index (χ4n) is 11.1. The molecule has 0 aliphatic heterocycles. The second-order valence-corrected chi connectivity index (χ2v) is 18.4. The molecule has 1 aromatic heterocycles. The van der Waals surface area contributed by atoms with E-state index in [1.165, 1.54) is 88.2 Å². The van der Waals surface area contributed by atoms with Crippen molar-refractivity contribution in [1.29, 1.82) is 0 Å². The molecule has 0 amide bonds. The molecule has 310 valence electrons. The van der Waals surface area contributed by atoms with E-state index in [0.29, 0.717) is 0 Å². The zero-order valence-corrected chi connectivity index (χ0v) is 36.9. The first-order valence-electron chi connectivity index (χ1n) is 22.8. The second kappa shape index (κ2) is 15.1. The van der Waals surface area contributed by atoms with Crippen LogP contribution in [0.4, 0.5) is 17.1 Å². The molecule has 1 aliphatic rings. The lowest BCUT2D eigenvalue weighted by Gasteiger charge is -2.35. The van der Waals surface area contributed by atoms with Crippen molar-refractivity contribution in [3.05, 3.63) is 259 Å². The highest BCUT2D eigenvalue weighted by molar-refractivity contribution is 6.10. The first-order chi connectivity index (χ1) is 31.9. The molecule has 1 aliphatic carbocycles. The van der Waals surface area contributed by atoms with Crippen molar-refractivity contribution >= 4 is 49.6 Å². The summed E-state index contributed by atoms with van der Waals surface area (Å²) in [6, 6.07) is 87.8. The molecule has 0 atom stereocenters. The highest BCUT2D eigenvalue weighted by atomic mass is 15.1. The molecule has 11 aromatic rings. The van der Waals surface area contributed by atoms with E-state index >= 15 is 0 Å². The molecule has 0 radical (unpaired) electrons. The summed E-state index contributed by atoms with van der Waals surface area (Å²) in [5.74, 6) is 0. The first-order valence-corrected chi connectivity index (χ1v) is 22.8. The Morgan fingerprint density at radius 2 is 0.908 bits per heavy atom. The molecule has 2 nitrogen and oxygen atoms in total. The molecule has 0 fully saturated rings. The fourth-order valence-corrected chi connectivity index (χ4v) is 11.1. The van der Waals surface area contributed by atoms with Gasteiger partial charge in [0.2, 0.25) is 0 Å². The van der Waals surface area contributed by atoms with Crippen molar-refractivity contribution in [2.45, 2.75) is 31.7 Å². The van der Waals surface area contributed by atoms with Gasteiger partial charge in [-0.1, -0.05) is 194 Å². The Balaban J connectivity index is 1.17. The van der Waals surface area contributed by atoms with Crippen molar-refractivity contribution in [3.8, 4) is 33.4 Å². The van der Waals surface area contributed by atoms with Gasteiger partial charge < -0.3 is 9.47 Å². The van der Waals surface area contributed by atoms with Gasteiger partial charge in [-0.05, 0) is 130 Å². The maximum Gasteiger partial charge on any atom is 0.0714 e. The van der Waals surface area contributed by atoms with Crippen LogP contribution in [0, 0.1) is 0 Å². The quantitative estimate of drug-likeness (QED) is 0.155. The number of fused-ring (bicyclic) bond motifs is 7. The number of hydrogen-bond acceptors (Lipinski definition) is 1. The minimum absolute atomic E-state index is 0.154. The maximum absolute atomic E-state index is 2.52. The number of para-hydroxylation sites is 1. The molecule has 0 saturated heterocycles. The lowest BCUT2D eigenvalue weighted by molar-refractivity contribution is 0.423. The Kier molecular flexibility index (Phi) is 9.00. The molecular formula is C63H48N2. The summed E-state index contributed by atoms with van der Waals surface area (Å²) in [5.41, 5.74) is 17.5. The summed E-state index contributed by atoms with van der Waals surface area (Å²) >= 11 is 0. The predicted octanol–water partition coefficient (Wildman–Crippen LogP) is 16.9. The molecule has 0 bridgehead atoms. The van der Waals surface area contributed by atoms with Crippen molar-refractivity contribution < 1.29 is 0 Å². The fraction of sp³-hybridized carbons (Fsp3) is 0.0794. The minimum Gasteiger partial charge on any atom is -0.335 e. The molecule has 0 unspecified atom stereocenters. The van der Waals surface area contributed by atoms with Crippen molar-refractivity contribution in [2.75, 3.05) is 4.90 Å². The lowest BCUT2D eigenvalue weighted by Crippen LogP contribution is -2.28. The second-order valence-electron chi connectivity index (χ2n) is 18.4. The summed E-state index contributed by atoms with van der Waals surface area (Å²) in [7, 11) is 0. The Hall–Kier alpha value is -7.94. The molecule has 65 heavy (non-hydrogen) atoms. The van der Waals surface area contributed by atoms with Crippen LogP contribution in [0.25, 0.3) is 66.0 Å². The Morgan fingerprint density at radius 3 is 1.60 bits per heavy atom. The topological polar surface area (TPSA) is 8.17 Å². The third-order valence-corrected chi connectivity index (χ3v) is 13.7. The smallest absolute Gasteiger partial charge is 0.0714 e. The number of hydrogen-bond donors (Lipinski definition) is 0. The zero-order chi connectivity index (χ0) is 43.7. The van der Waals surface area contributed by atoms with Crippen LogP contribution in [0.1, 0.15) is 43.0 Å². The molecule has 10 aromatic carbocycles. The summed E-state index contributed by atoms with van der Waals surface area (Å²) in [4.78, 5) is 2.49. The molecule has 0 saturated carbocycles. The normalized spacial score (nSPS) is 13.0. The van der Waals surface area contributed by atoms with Crippen LogP contribution >= 0.6 is 0 Å². The lowest BCUT2D eigenvalue weighted by atomic mass is 9.67. The minimum atomic E-state index is -0.591. The Bertz CT molecular complexity index is 3520. The van der Waals surface area contributed by atoms with Gasteiger partial charge in [-0.25, -0.2) is 0 Å². The van der Waals surface area contributed by atoms with E-state index in [1.807, 2.05) is 0 Å². The van der Waals surface area contributed by atoms with Gasteiger partial charge in [0.05, 0.1) is 10.9 Å². The number of nitrogens with zero attached hydrogens (tertiary/aromatic N) is 2. The van der Waals surface area contributed by atoms with Gasteiger partial charge in [0.1, 0.15) is 0 Å². The maximum atomic E-state index is 2.52. The van der Waals surface area contributed by atoms with E-state index in [0.717, 1.165) is 17.1 Å². The first kappa shape index (κ1) is 38.7. The summed E-state index contributed by atoms with van der Waals surface area (Å²) in [5, 5.41) is 4.96. The molecule has 0 N–H and O–H groups in total. The number of anilines is 3. The zero-order valence-electron chi connectivity index (χ0n) is 36.9. The molecule has 0 spiro atoms. The van der Waals surface area contributed by atoms with Crippen LogP contribution in [-0.4, -0.2) is 4.57 Å². The van der Waals surface area contributed by atoms with Crippen LogP contribution in [0.15, 0.2) is 237 Å². The number of aromatic nitrogens is 1. The average Bonchev–Trinajstić information content (AvgIpc) is 3.86. The summed E-state index contributed by atoms with van der Waals surface area (Å²) in [6.45, 7) is 6.94. The van der Waals surface area contributed by atoms with E-state index < -0.39 is 5.41 Å². The van der Waals surface area contributed by atoms with E-state index in [9.17, 15) is 0 Å². The van der Waals surface area contributed by atoms with Gasteiger partial charge in [-0.2, -0.15) is 0 Å². The van der Waals surface area contributed by atoms with Gasteiger partial charge in [0.15, 0.2) is 0 Å². The highest BCUT2D eigenvalue weighted by Gasteiger charge is 2.47.